The smallest absolute Gasteiger partial charge is 0.199 e. The molecule has 2 heterocycles. The highest BCUT2D eigenvalue weighted by molar-refractivity contribution is 5.43. The molecule has 0 aromatic carbocycles. The van der Waals surface area contributed by atoms with Gasteiger partial charge < -0.3 is 10.1 Å². The zero-order valence-electron chi connectivity index (χ0n) is 10.00. The Kier molecular flexibility index (Phi) is 3.81. The van der Waals surface area contributed by atoms with Crippen LogP contribution in [0.4, 0.5) is 5.82 Å². The Morgan fingerprint density at radius 2 is 2.29 bits per heavy atom. The van der Waals surface area contributed by atoms with Gasteiger partial charge >= 0.3 is 0 Å². The third-order valence-corrected chi connectivity index (χ3v) is 2.11. The van der Waals surface area contributed by atoms with Gasteiger partial charge in [-0.25, -0.2) is 0 Å². The van der Waals surface area contributed by atoms with E-state index in [-0.39, 0.29) is 0 Å². The summed E-state index contributed by atoms with van der Waals surface area (Å²) in [6.45, 7) is 6.37. The highest BCUT2D eigenvalue weighted by Crippen LogP contribution is 2.04. The van der Waals surface area contributed by atoms with E-state index in [1.165, 1.54) is 0 Å². The van der Waals surface area contributed by atoms with Gasteiger partial charge in [0.15, 0.2) is 5.65 Å². The zero-order valence-corrected chi connectivity index (χ0v) is 10.00. The fourth-order valence-corrected chi connectivity index (χ4v) is 1.37. The lowest BCUT2D eigenvalue weighted by Gasteiger charge is -2.08. The van der Waals surface area contributed by atoms with E-state index in [0.717, 1.165) is 12.4 Å². The Morgan fingerprint density at radius 3 is 3.12 bits per heavy atom. The van der Waals surface area contributed by atoms with E-state index in [0.29, 0.717) is 24.7 Å². The van der Waals surface area contributed by atoms with Crippen molar-refractivity contribution in [2.75, 3.05) is 25.1 Å². The van der Waals surface area contributed by atoms with Crippen molar-refractivity contribution in [1.29, 1.82) is 0 Å². The fourth-order valence-electron chi connectivity index (χ4n) is 1.37. The van der Waals surface area contributed by atoms with Crippen LogP contribution in [0.3, 0.4) is 0 Å². The number of aromatic nitrogens is 5. The third-order valence-electron chi connectivity index (χ3n) is 2.11. The summed E-state index contributed by atoms with van der Waals surface area (Å²) < 4.78 is 7.07. The number of ether oxygens (including phenoxy) is 1. The summed E-state index contributed by atoms with van der Waals surface area (Å²) in [6, 6.07) is 0. The molecule has 0 aliphatic rings. The molecule has 2 aromatic rings. The summed E-state index contributed by atoms with van der Waals surface area (Å²) in [5, 5.41) is 14.4. The van der Waals surface area contributed by atoms with Crippen molar-refractivity contribution in [2.45, 2.75) is 13.8 Å². The number of tetrazole rings is 1. The van der Waals surface area contributed by atoms with Crippen molar-refractivity contribution in [1.82, 2.24) is 25.0 Å². The first-order chi connectivity index (χ1) is 8.27. The lowest BCUT2D eigenvalue weighted by Crippen LogP contribution is -2.14. The molecule has 2 aromatic heterocycles. The molecule has 0 aliphatic carbocycles. The Bertz CT molecular complexity index is 469. The average molecular weight is 236 g/mol. The van der Waals surface area contributed by atoms with E-state index in [4.69, 9.17) is 4.74 Å². The highest BCUT2D eigenvalue weighted by atomic mass is 16.5. The molecule has 0 radical (unpaired) electrons. The van der Waals surface area contributed by atoms with Crippen molar-refractivity contribution in [3.8, 4) is 0 Å². The SMILES string of the molecule is CC(C)COCCNc1cncc2nnnn12. The molecule has 1 N–H and O–H groups in total. The van der Waals surface area contributed by atoms with Gasteiger partial charge in [0.05, 0.1) is 19.0 Å². The molecule has 92 valence electrons. The van der Waals surface area contributed by atoms with Gasteiger partial charge in [0, 0.05) is 13.2 Å². The molecule has 0 saturated carbocycles. The van der Waals surface area contributed by atoms with Crippen molar-refractivity contribution in [2.24, 2.45) is 5.92 Å². The summed E-state index contributed by atoms with van der Waals surface area (Å²) in [5.41, 5.74) is 0.623. The average Bonchev–Trinajstić information content (AvgIpc) is 2.77. The minimum absolute atomic E-state index is 0.555. The summed E-state index contributed by atoms with van der Waals surface area (Å²) in [6.07, 6.45) is 3.30. The minimum atomic E-state index is 0.555. The first-order valence-electron chi connectivity index (χ1n) is 5.61. The monoisotopic (exact) mass is 236 g/mol. The van der Waals surface area contributed by atoms with Crippen molar-refractivity contribution < 1.29 is 4.74 Å². The number of hydrogen-bond donors (Lipinski definition) is 1. The topological polar surface area (TPSA) is 77.2 Å². The number of anilines is 1. The second-order valence-corrected chi connectivity index (χ2v) is 4.14. The predicted molar refractivity (Wildman–Crippen MR) is 62.7 cm³/mol. The Morgan fingerprint density at radius 1 is 1.41 bits per heavy atom. The number of rotatable bonds is 6. The summed E-state index contributed by atoms with van der Waals surface area (Å²) in [5.74, 6) is 1.32. The van der Waals surface area contributed by atoms with Crippen molar-refractivity contribution in [3.05, 3.63) is 12.4 Å². The van der Waals surface area contributed by atoms with Crippen LogP contribution >= 0.6 is 0 Å². The molecule has 0 fully saturated rings. The van der Waals surface area contributed by atoms with Crippen LogP contribution < -0.4 is 5.32 Å². The van der Waals surface area contributed by atoms with Gasteiger partial charge in [0.25, 0.3) is 0 Å². The molecular formula is C10H16N6O. The second kappa shape index (κ2) is 5.53. The summed E-state index contributed by atoms with van der Waals surface area (Å²) >= 11 is 0. The van der Waals surface area contributed by atoms with Crippen LogP contribution in [0.25, 0.3) is 5.65 Å². The van der Waals surface area contributed by atoms with E-state index >= 15 is 0 Å². The molecule has 7 heteroatoms. The number of fused-ring (bicyclic) bond motifs is 1. The molecular weight excluding hydrogens is 220 g/mol. The van der Waals surface area contributed by atoms with Gasteiger partial charge in [-0.2, -0.15) is 4.52 Å². The maximum absolute atomic E-state index is 5.47. The van der Waals surface area contributed by atoms with Crippen molar-refractivity contribution >= 4 is 11.5 Å². The predicted octanol–water partition coefficient (Wildman–Crippen LogP) is 0.604. The molecule has 0 bridgehead atoms. The van der Waals surface area contributed by atoms with E-state index in [9.17, 15) is 0 Å². The summed E-state index contributed by atoms with van der Waals surface area (Å²) in [7, 11) is 0. The quantitative estimate of drug-likeness (QED) is 0.740. The van der Waals surface area contributed by atoms with Crippen LogP contribution in [-0.2, 0) is 4.74 Å². The fraction of sp³-hybridized carbons (Fsp3) is 0.600. The molecule has 0 amide bonds. The number of nitrogens with one attached hydrogen (secondary N) is 1. The van der Waals surface area contributed by atoms with Crippen molar-refractivity contribution in [3.63, 3.8) is 0 Å². The number of hydrogen-bond acceptors (Lipinski definition) is 6. The largest absolute Gasteiger partial charge is 0.379 e. The molecule has 2 rings (SSSR count). The van der Waals surface area contributed by atoms with Crippen LogP contribution in [0.2, 0.25) is 0 Å². The van der Waals surface area contributed by atoms with Gasteiger partial charge in [-0.1, -0.05) is 13.8 Å². The van der Waals surface area contributed by atoms with E-state index in [2.05, 4.69) is 39.7 Å². The minimum Gasteiger partial charge on any atom is -0.379 e. The van der Waals surface area contributed by atoms with Crippen LogP contribution in [0.15, 0.2) is 12.4 Å². The van der Waals surface area contributed by atoms with Crippen LogP contribution in [0.5, 0.6) is 0 Å². The van der Waals surface area contributed by atoms with E-state index in [1.807, 2.05) is 0 Å². The van der Waals surface area contributed by atoms with E-state index in [1.54, 1.807) is 16.9 Å². The molecule has 0 saturated heterocycles. The summed E-state index contributed by atoms with van der Waals surface area (Å²) in [4.78, 5) is 4.05. The van der Waals surface area contributed by atoms with Crippen LogP contribution in [0, 0.1) is 5.92 Å². The van der Waals surface area contributed by atoms with Gasteiger partial charge in [-0.05, 0) is 16.3 Å². The molecule has 0 atom stereocenters. The normalized spacial score (nSPS) is 11.2. The standard InChI is InChI=1S/C10H16N6O/c1-8(2)7-17-4-3-12-9-5-11-6-10-13-14-15-16(9)10/h5-6,8,12H,3-4,7H2,1-2H3. The maximum Gasteiger partial charge on any atom is 0.199 e. The molecule has 0 unspecified atom stereocenters. The zero-order chi connectivity index (χ0) is 12.1. The maximum atomic E-state index is 5.47. The Hall–Kier alpha value is -1.76. The Balaban J connectivity index is 1.84. The van der Waals surface area contributed by atoms with Gasteiger partial charge in [0.1, 0.15) is 5.82 Å². The number of nitrogens with zero attached hydrogens (tertiary/aromatic N) is 5. The molecule has 0 spiro atoms. The van der Waals surface area contributed by atoms with Gasteiger partial charge in [-0.3, -0.25) is 4.98 Å². The Labute approximate surface area is 99.2 Å². The lowest BCUT2D eigenvalue weighted by molar-refractivity contribution is 0.118. The van der Waals surface area contributed by atoms with Gasteiger partial charge in [0.2, 0.25) is 0 Å². The second-order valence-electron chi connectivity index (χ2n) is 4.14. The lowest BCUT2D eigenvalue weighted by atomic mass is 10.2. The molecule has 17 heavy (non-hydrogen) atoms. The first-order valence-corrected chi connectivity index (χ1v) is 5.61. The van der Waals surface area contributed by atoms with Gasteiger partial charge in [-0.15, -0.1) is 5.10 Å². The third kappa shape index (κ3) is 3.10. The van der Waals surface area contributed by atoms with E-state index < -0.39 is 0 Å². The van der Waals surface area contributed by atoms with Crippen LogP contribution in [0.1, 0.15) is 13.8 Å². The molecule has 7 nitrogen and oxygen atoms in total. The first kappa shape index (κ1) is 11.7. The highest BCUT2D eigenvalue weighted by Gasteiger charge is 2.02. The van der Waals surface area contributed by atoms with Crippen LogP contribution in [-0.4, -0.2) is 44.8 Å². The molecule has 0 aliphatic heterocycles.